The molecule has 0 unspecified atom stereocenters. The molecule has 1 fully saturated rings. The summed E-state index contributed by atoms with van der Waals surface area (Å²) in [6.45, 7) is 1.93. The van der Waals surface area contributed by atoms with E-state index in [9.17, 15) is 8.42 Å². The summed E-state index contributed by atoms with van der Waals surface area (Å²) in [5, 5.41) is 4.89. The lowest BCUT2D eigenvalue weighted by atomic mass is 10.3. The summed E-state index contributed by atoms with van der Waals surface area (Å²) < 4.78 is 21.2. The molecule has 0 aliphatic heterocycles. The van der Waals surface area contributed by atoms with Crippen molar-refractivity contribution in [1.82, 2.24) is 4.90 Å². The van der Waals surface area contributed by atoms with Gasteiger partial charge in [0.15, 0.2) is 0 Å². The summed E-state index contributed by atoms with van der Waals surface area (Å²) >= 11 is 0. The van der Waals surface area contributed by atoms with Crippen LogP contribution in [0.2, 0.25) is 0 Å². The van der Waals surface area contributed by atoms with Crippen LogP contribution in [0.25, 0.3) is 0 Å². The maximum Gasteiger partial charge on any atom is 0.209 e. The maximum atomic E-state index is 10.6. The molecule has 2 N–H and O–H groups in total. The lowest BCUT2D eigenvalue weighted by Gasteiger charge is -2.15. The van der Waals surface area contributed by atoms with Crippen molar-refractivity contribution in [3.05, 3.63) is 0 Å². The third kappa shape index (κ3) is 6.01. The number of nitrogens with zero attached hydrogens (tertiary/aromatic N) is 1. The van der Waals surface area contributed by atoms with Crippen LogP contribution in [0.1, 0.15) is 19.3 Å². The molecule has 13 heavy (non-hydrogen) atoms. The molecular formula is C8H18N2O2S. The summed E-state index contributed by atoms with van der Waals surface area (Å²) in [5.74, 6) is 0.960. The van der Waals surface area contributed by atoms with E-state index in [-0.39, 0.29) is 5.75 Å². The second-order valence-corrected chi connectivity index (χ2v) is 5.66. The molecule has 78 valence electrons. The highest BCUT2D eigenvalue weighted by Crippen LogP contribution is 2.29. The summed E-state index contributed by atoms with van der Waals surface area (Å²) in [6.07, 6.45) is 3.31. The van der Waals surface area contributed by atoms with Crippen LogP contribution in [0, 0.1) is 5.92 Å². The van der Waals surface area contributed by atoms with Crippen molar-refractivity contribution in [1.29, 1.82) is 0 Å². The van der Waals surface area contributed by atoms with Gasteiger partial charge in [-0.1, -0.05) is 0 Å². The lowest BCUT2D eigenvalue weighted by molar-refractivity contribution is 0.321. The minimum atomic E-state index is -3.26. The standard InChI is InChI=1S/C8H18N2O2S/c1-10(7-8-3-4-8)5-2-6-13(9,11)12/h8H,2-7H2,1H3,(H2,9,11,12). The molecule has 4 nitrogen and oxygen atoms in total. The van der Waals surface area contributed by atoms with E-state index in [1.807, 2.05) is 7.05 Å². The number of hydrogen-bond acceptors (Lipinski definition) is 3. The zero-order valence-corrected chi connectivity index (χ0v) is 8.89. The number of primary sulfonamides is 1. The van der Waals surface area contributed by atoms with Crippen LogP contribution in [-0.2, 0) is 10.0 Å². The predicted octanol–water partition coefficient (Wildman–Crippen LogP) is 0.00680. The van der Waals surface area contributed by atoms with E-state index in [2.05, 4.69) is 4.90 Å². The first kappa shape index (κ1) is 10.9. The Bertz CT molecular complexity index is 247. The Balaban J connectivity index is 2.04. The van der Waals surface area contributed by atoms with Gasteiger partial charge in [-0.25, -0.2) is 13.6 Å². The van der Waals surface area contributed by atoms with Crippen molar-refractivity contribution in [2.45, 2.75) is 19.3 Å². The highest BCUT2D eigenvalue weighted by Gasteiger charge is 2.22. The number of nitrogens with two attached hydrogens (primary N) is 1. The normalized spacial score (nSPS) is 18.1. The van der Waals surface area contributed by atoms with Crippen LogP contribution < -0.4 is 5.14 Å². The zero-order chi connectivity index (χ0) is 9.90. The van der Waals surface area contributed by atoms with Gasteiger partial charge in [0.2, 0.25) is 10.0 Å². The zero-order valence-electron chi connectivity index (χ0n) is 8.07. The predicted molar refractivity (Wildman–Crippen MR) is 52.8 cm³/mol. The monoisotopic (exact) mass is 206 g/mol. The molecule has 0 amide bonds. The molecule has 0 radical (unpaired) electrons. The number of rotatable bonds is 6. The molecule has 0 bridgehead atoms. The Hall–Kier alpha value is -0.130. The fraction of sp³-hybridized carbons (Fsp3) is 1.00. The van der Waals surface area contributed by atoms with Gasteiger partial charge >= 0.3 is 0 Å². The van der Waals surface area contributed by atoms with Gasteiger partial charge in [-0.2, -0.15) is 0 Å². The van der Waals surface area contributed by atoms with E-state index in [0.29, 0.717) is 6.42 Å². The van der Waals surface area contributed by atoms with Crippen molar-refractivity contribution in [2.75, 3.05) is 25.9 Å². The Kier molecular flexibility index (Phi) is 3.70. The largest absolute Gasteiger partial charge is 0.306 e. The van der Waals surface area contributed by atoms with Gasteiger partial charge in [0.05, 0.1) is 5.75 Å². The maximum absolute atomic E-state index is 10.6. The molecule has 0 atom stereocenters. The van der Waals surface area contributed by atoms with Crippen LogP contribution in [0.3, 0.4) is 0 Å². The Morgan fingerprint density at radius 1 is 1.46 bits per heavy atom. The van der Waals surface area contributed by atoms with E-state index in [1.54, 1.807) is 0 Å². The number of hydrogen-bond donors (Lipinski definition) is 1. The third-order valence-electron chi connectivity index (χ3n) is 2.24. The third-order valence-corrected chi connectivity index (χ3v) is 3.09. The van der Waals surface area contributed by atoms with E-state index < -0.39 is 10.0 Å². The van der Waals surface area contributed by atoms with E-state index in [1.165, 1.54) is 12.8 Å². The molecule has 0 aromatic heterocycles. The van der Waals surface area contributed by atoms with Crippen molar-refractivity contribution >= 4 is 10.0 Å². The molecule has 0 spiro atoms. The van der Waals surface area contributed by atoms with Gasteiger partial charge < -0.3 is 4.90 Å². The Morgan fingerprint density at radius 3 is 2.54 bits per heavy atom. The number of sulfonamides is 1. The highest BCUT2D eigenvalue weighted by molar-refractivity contribution is 7.89. The summed E-state index contributed by atoms with van der Waals surface area (Å²) in [5.41, 5.74) is 0. The minimum Gasteiger partial charge on any atom is -0.306 e. The highest BCUT2D eigenvalue weighted by atomic mass is 32.2. The first-order valence-electron chi connectivity index (χ1n) is 4.66. The Labute approximate surface area is 80.1 Å². The summed E-state index contributed by atoms with van der Waals surface area (Å²) in [7, 11) is -1.23. The fourth-order valence-electron chi connectivity index (χ4n) is 1.37. The molecule has 1 rings (SSSR count). The molecular weight excluding hydrogens is 188 g/mol. The van der Waals surface area contributed by atoms with Gasteiger partial charge in [0.1, 0.15) is 0 Å². The van der Waals surface area contributed by atoms with Gasteiger partial charge in [0, 0.05) is 6.54 Å². The van der Waals surface area contributed by atoms with Gasteiger partial charge in [-0.05, 0) is 38.8 Å². The molecule has 0 aromatic rings. The van der Waals surface area contributed by atoms with E-state index in [0.717, 1.165) is 19.0 Å². The molecule has 1 saturated carbocycles. The van der Waals surface area contributed by atoms with Crippen molar-refractivity contribution in [3.8, 4) is 0 Å². The van der Waals surface area contributed by atoms with Crippen molar-refractivity contribution < 1.29 is 8.42 Å². The first-order chi connectivity index (χ1) is 5.97. The topological polar surface area (TPSA) is 63.4 Å². The van der Waals surface area contributed by atoms with E-state index >= 15 is 0 Å². The van der Waals surface area contributed by atoms with Crippen molar-refractivity contribution in [2.24, 2.45) is 11.1 Å². The Morgan fingerprint density at radius 2 is 2.08 bits per heavy atom. The van der Waals surface area contributed by atoms with Crippen LogP contribution in [0.15, 0.2) is 0 Å². The SMILES string of the molecule is CN(CCCS(N)(=O)=O)CC1CC1. The molecule has 0 saturated heterocycles. The average Bonchev–Trinajstić information content (AvgIpc) is 2.68. The minimum absolute atomic E-state index is 0.0992. The molecule has 1 aliphatic carbocycles. The van der Waals surface area contributed by atoms with Crippen LogP contribution in [0.4, 0.5) is 0 Å². The van der Waals surface area contributed by atoms with Crippen LogP contribution in [0.5, 0.6) is 0 Å². The lowest BCUT2D eigenvalue weighted by Crippen LogP contribution is -2.25. The van der Waals surface area contributed by atoms with Crippen LogP contribution in [-0.4, -0.2) is 39.2 Å². The fourth-order valence-corrected chi connectivity index (χ4v) is 1.90. The second kappa shape index (κ2) is 4.39. The molecule has 1 aliphatic rings. The molecule has 5 heteroatoms. The summed E-state index contributed by atoms with van der Waals surface area (Å²) in [6, 6.07) is 0. The second-order valence-electron chi connectivity index (χ2n) is 3.93. The molecule has 0 heterocycles. The molecule has 0 aromatic carbocycles. The van der Waals surface area contributed by atoms with Gasteiger partial charge in [-0.15, -0.1) is 0 Å². The smallest absolute Gasteiger partial charge is 0.209 e. The van der Waals surface area contributed by atoms with E-state index in [4.69, 9.17) is 5.14 Å². The van der Waals surface area contributed by atoms with Crippen molar-refractivity contribution in [3.63, 3.8) is 0 Å². The first-order valence-corrected chi connectivity index (χ1v) is 6.38. The quantitative estimate of drug-likeness (QED) is 0.665. The van der Waals surface area contributed by atoms with Gasteiger partial charge in [0.25, 0.3) is 0 Å². The summed E-state index contributed by atoms with van der Waals surface area (Å²) in [4.78, 5) is 2.18. The average molecular weight is 206 g/mol. The van der Waals surface area contributed by atoms with Crippen LogP contribution >= 0.6 is 0 Å². The van der Waals surface area contributed by atoms with Gasteiger partial charge in [-0.3, -0.25) is 0 Å².